The van der Waals surface area contributed by atoms with E-state index in [1.807, 2.05) is 61.5 Å². The first-order chi connectivity index (χ1) is 13.7. The zero-order chi connectivity index (χ0) is 19.5. The van der Waals surface area contributed by atoms with Gasteiger partial charge in [-0.1, -0.05) is 43.3 Å². The summed E-state index contributed by atoms with van der Waals surface area (Å²) in [5.41, 5.74) is 3.92. The molecule has 28 heavy (non-hydrogen) atoms. The monoisotopic (exact) mass is 373 g/mol. The van der Waals surface area contributed by atoms with Crippen LogP contribution in [0.15, 0.2) is 75.8 Å². The van der Waals surface area contributed by atoms with Crippen molar-refractivity contribution in [1.29, 1.82) is 0 Å². The van der Waals surface area contributed by atoms with Gasteiger partial charge in [-0.25, -0.2) is 0 Å². The minimum absolute atomic E-state index is 0.132. The molecule has 0 atom stereocenters. The van der Waals surface area contributed by atoms with Crippen LogP contribution in [-0.2, 0) is 19.5 Å². The van der Waals surface area contributed by atoms with E-state index in [2.05, 4.69) is 13.0 Å². The Bertz CT molecular complexity index is 1080. The van der Waals surface area contributed by atoms with Crippen molar-refractivity contribution < 1.29 is 13.6 Å². The zero-order valence-corrected chi connectivity index (χ0v) is 16.1. The lowest BCUT2D eigenvalue weighted by Crippen LogP contribution is -2.30. The topological polar surface area (TPSA) is 46.6 Å². The first-order valence-electron chi connectivity index (χ1n) is 9.53. The Morgan fingerprint density at radius 2 is 1.79 bits per heavy atom. The van der Waals surface area contributed by atoms with Gasteiger partial charge in [0.15, 0.2) is 5.76 Å². The Morgan fingerprint density at radius 1 is 0.964 bits per heavy atom. The number of hydrogen-bond acceptors (Lipinski definition) is 3. The Hall–Kier alpha value is -3.27. The largest absolute Gasteiger partial charge is 0.467 e. The second kappa shape index (κ2) is 7.77. The molecule has 0 N–H and O–H groups in total. The number of benzene rings is 2. The zero-order valence-electron chi connectivity index (χ0n) is 16.1. The van der Waals surface area contributed by atoms with Crippen molar-refractivity contribution in [3.05, 3.63) is 95.1 Å². The molecule has 0 saturated carbocycles. The van der Waals surface area contributed by atoms with Crippen LogP contribution in [0.4, 0.5) is 0 Å². The standard InChI is InChI=1S/C24H23NO3/c1-3-18-11-12-22-21(14-18)17(2)23(28-22)24(26)25(16-20-10-7-13-27-20)15-19-8-5-4-6-9-19/h4-14H,3,15-16H2,1-2H3. The van der Waals surface area contributed by atoms with Crippen molar-refractivity contribution in [1.82, 2.24) is 4.90 Å². The van der Waals surface area contributed by atoms with Gasteiger partial charge < -0.3 is 13.7 Å². The summed E-state index contributed by atoms with van der Waals surface area (Å²) in [4.78, 5) is 15.2. The molecule has 0 radical (unpaired) electrons. The third-order valence-corrected chi connectivity index (χ3v) is 5.03. The molecular weight excluding hydrogens is 350 g/mol. The molecule has 4 heteroatoms. The molecule has 1 amide bonds. The number of nitrogens with zero attached hydrogens (tertiary/aromatic N) is 1. The summed E-state index contributed by atoms with van der Waals surface area (Å²) in [6.45, 7) is 4.94. The number of aryl methyl sites for hydroxylation is 2. The minimum atomic E-state index is -0.132. The fraction of sp³-hybridized carbons (Fsp3) is 0.208. The average molecular weight is 373 g/mol. The predicted octanol–water partition coefficient (Wildman–Crippen LogP) is 5.74. The molecule has 0 unspecified atom stereocenters. The molecule has 0 fully saturated rings. The van der Waals surface area contributed by atoms with Gasteiger partial charge in [0.2, 0.25) is 0 Å². The molecule has 2 aromatic heterocycles. The summed E-state index contributed by atoms with van der Waals surface area (Å²) in [5.74, 6) is 1.00. The summed E-state index contributed by atoms with van der Waals surface area (Å²) in [5, 5.41) is 1.00. The molecule has 142 valence electrons. The van der Waals surface area contributed by atoms with Gasteiger partial charge in [0, 0.05) is 17.5 Å². The molecule has 0 spiro atoms. The first kappa shape index (κ1) is 18.1. The number of hydrogen-bond donors (Lipinski definition) is 0. The van der Waals surface area contributed by atoms with Gasteiger partial charge in [-0.05, 0) is 48.7 Å². The average Bonchev–Trinajstić information content (AvgIpc) is 3.35. The number of carbonyl (C=O) groups is 1. The molecule has 4 aromatic rings. The van der Waals surface area contributed by atoms with E-state index in [0.717, 1.165) is 34.3 Å². The van der Waals surface area contributed by atoms with E-state index < -0.39 is 0 Å². The maximum absolute atomic E-state index is 13.4. The quantitative estimate of drug-likeness (QED) is 0.433. The number of carbonyl (C=O) groups excluding carboxylic acids is 1. The van der Waals surface area contributed by atoms with Crippen LogP contribution < -0.4 is 0 Å². The molecule has 0 aliphatic rings. The Labute approximate surface area is 164 Å². The molecule has 0 aliphatic heterocycles. The van der Waals surface area contributed by atoms with Crippen molar-refractivity contribution in [2.75, 3.05) is 0 Å². The highest BCUT2D eigenvalue weighted by molar-refractivity contribution is 5.99. The van der Waals surface area contributed by atoms with Crippen molar-refractivity contribution in [3.8, 4) is 0 Å². The Kier molecular flexibility index (Phi) is 5.02. The van der Waals surface area contributed by atoms with E-state index >= 15 is 0 Å². The van der Waals surface area contributed by atoms with Gasteiger partial charge in [-0.2, -0.15) is 0 Å². The van der Waals surface area contributed by atoms with E-state index in [4.69, 9.17) is 8.83 Å². The van der Waals surface area contributed by atoms with Crippen molar-refractivity contribution >= 4 is 16.9 Å². The number of amides is 1. The Morgan fingerprint density at radius 3 is 2.50 bits per heavy atom. The second-order valence-electron chi connectivity index (χ2n) is 6.97. The third kappa shape index (κ3) is 3.58. The highest BCUT2D eigenvalue weighted by Gasteiger charge is 2.24. The van der Waals surface area contributed by atoms with E-state index in [1.54, 1.807) is 11.2 Å². The van der Waals surface area contributed by atoms with Crippen LogP contribution in [0.3, 0.4) is 0 Å². The van der Waals surface area contributed by atoms with E-state index in [9.17, 15) is 4.79 Å². The van der Waals surface area contributed by atoms with Gasteiger partial charge in [0.25, 0.3) is 5.91 Å². The molecule has 2 heterocycles. The van der Waals surface area contributed by atoms with Crippen LogP contribution in [0.5, 0.6) is 0 Å². The van der Waals surface area contributed by atoms with Crippen LogP contribution in [0, 0.1) is 6.92 Å². The van der Waals surface area contributed by atoms with Crippen LogP contribution in [0.2, 0.25) is 0 Å². The fourth-order valence-electron chi connectivity index (χ4n) is 3.43. The van der Waals surface area contributed by atoms with Crippen LogP contribution in [-0.4, -0.2) is 10.8 Å². The van der Waals surface area contributed by atoms with E-state index in [0.29, 0.717) is 18.8 Å². The molecular formula is C24H23NO3. The molecule has 4 rings (SSSR count). The van der Waals surface area contributed by atoms with Crippen molar-refractivity contribution in [2.24, 2.45) is 0 Å². The lowest BCUT2D eigenvalue weighted by Gasteiger charge is -2.21. The van der Waals surface area contributed by atoms with Gasteiger partial charge in [0.1, 0.15) is 11.3 Å². The SMILES string of the molecule is CCc1ccc2oc(C(=O)N(Cc3ccccc3)Cc3ccco3)c(C)c2c1. The third-order valence-electron chi connectivity index (χ3n) is 5.03. The maximum atomic E-state index is 13.4. The van der Waals surface area contributed by atoms with Gasteiger partial charge in [-0.3, -0.25) is 4.79 Å². The minimum Gasteiger partial charge on any atom is -0.467 e. The second-order valence-corrected chi connectivity index (χ2v) is 6.97. The lowest BCUT2D eigenvalue weighted by molar-refractivity contribution is 0.0686. The molecule has 2 aromatic carbocycles. The summed E-state index contributed by atoms with van der Waals surface area (Å²) in [6.07, 6.45) is 2.57. The number of furan rings is 2. The fourth-order valence-corrected chi connectivity index (χ4v) is 3.43. The molecule has 0 aliphatic carbocycles. The maximum Gasteiger partial charge on any atom is 0.290 e. The highest BCUT2D eigenvalue weighted by atomic mass is 16.3. The number of rotatable bonds is 6. The predicted molar refractivity (Wildman–Crippen MR) is 109 cm³/mol. The van der Waals surface area contributed by atoms with Crippen molar-refractivity contribution in [3.63, 3.8) is 0 Å². The van der Waals surface area contributed by atoms with E-state index in [1.165, 1.54) is 5.56 Å². The highest BCUT2D eigenvalue weighted by Crippen LogP contribution is 2.28. The van der Waals surface area contributed by atoms with Gasteiger partial charge >= 0.3 is 0 Å². The Balaban J connectivity index is 1.70. The first-order valence-corrected chi connectivity index (χ1v) is 9.53. The summed E-state index contributed by atoms with van der Waals surface area (Å²) >= 11 is 0. The number of fused-ring (bicyclic) bond motifs is 1. The van der Waals surface area contributed by atoms with E-state index in [-0.39, 0.29) is 5.91 Å². The van der Waals surface area contributed by atoms with Crippen LogP contribution >= 0.6 is 0 Å². The summed E-state index contributed by atoms with van der Waals surface area (Å²) in [7, 11) is 0. The normalized spacial score (nSPS) is 11.1. The summed E-state index contributed by atoms with van der Waals surface area (Å²) < 4.78 is 11.5. The molecule has 4 nitrogen and oxygen atoms in total. The summed E-state index contributed by atoms with van der Waals surface area (Å²) in [6, 6.07) is 19.8. The van der Waals surface area contributed by atoms with Crippen molar-refractivity contribution in [2.45, 2.75) is 33.4 Å². The smallest absolute Gasteiger partial charge is 0.290 e. The van der Waals surface area contributed by atoms with Gasteiger partial charge in [-0.15, -0.1) is 0 Å². The van der Waals surface area contributed by atoms with Gasteiger partial charge in [0.05, 0.1) is 12.8 Å². The molecule has 0 saturated heterocycles. The van der Waals surface area contributed by atoms with Crippen LogP contribution in [0.25, 0.3) is 11.0 Å². The lowest BCUT2D eigenvalue weighted by atomic mass is 10.1. The van der Waals surface area contributed by atoms with Crippen LogP contribution in [0.1, 0.15) is 39.9 Å². The molecule has 0 bridgehead atoms.